The first-order valence-electron chi connectivity index (χ1n) is 5.12. The van der Waals surface area contributed by atoms with Gasteiger partial charge in [0.1, 0.15) is 0 Å². The minimum absolute atomic E-state index is 0.323. The molecule has 86 valence electrons. The fourth-order valence-electron chi connectivity index (χ4n) is 1.78. The van der Waals surface area contributed by atoms with Gasteiger partial charge in [-0.05, 0) is 26.8 Å². The number of hydrogen-bond acceptors (Lipinski definition) is 4. The average molecular weight is 212 g/mol. The zero-order valence-electron chi connectivity index (χ0n) is 9.57. The first-order valence-corrected chi connectivity index (χ1v) is 5.12. The zero-order valence-corrected chi connectivity index (χ0v) is 9.57. The average Bonchev–Trinajstić information content (AvgIpc) is 2.41. The van der Waals surface area contributed by atoms with Gasteiger partial charge in [0.15, 0.2) is 0 Å². The highest BCUT2D eigenvalue weighted by Gasteiger charge is 2.22. The lowest BCUT2D eigenvalue weighted by Crippen LogP contribution is -2.31. The molecule has 0 aromatic carbocycles. The summed E-state index contributed by atoms with van der Waals surface area (Å²) in [6, 6.07) is -0.323. The van der Waals surface area contributed by atoms with E-state index in [4.69, 9.17) is 11.5 Å². The molecule has 0 radical (unpaired) electrons. The molecule has 0 amide bonds. The molecule has 5 heteroatoms. The molecule has 1 heterocycles. The molecule has 1 aromatic rings. The maximum atomic E-state index is 10.1. The minimum Gasteiger partial charge on any atom is -0.387 e. The number of aliphatic hydroxyl groups is 1. The number of aromatic nitrogens is 2. The molecule has 0 bridgehead atoms. The Morgan fingerprint density at radius 2 is 2.07 bits per heavy atom. The predicted octanol–water partition coefficient (Wildman–Crippen LogP) is -0.254. The molecule has 0 fully saturated rings. The summed E-state index contributed by atoms with van der Waals surface area (Å²) in [7, 11) is 1.85. The fourth-order valence-corrected chi connectivity index (χ4v) is 1.78. The standard InChI is InChI=1S/C10H20N4O/c1-6-9(7(2)14(3)13-6)10(15)8(12)4-5-11/h8,10,15H,4-5,11-12H2,1-3H3. The molecular weight excluding hydrogens is 192 g/mol. The molecule has 0 saturated heterocycles. The number of nitrogens with zero attached hydrogens (tertiary/aromatic N) is 2. The Morgan fingerprint density at radius 3 is 2.47 bits per heavy atom. The molecular formula is C10H20N4O. The second-order valence-corrected chi connectivity index (χ2v) is 3.89. The van der Waals surface area contributed by atoms with Crippen LogP contribution in [0, 0.1) is 13.8 Å². The van der Waals surface area contributed by atoms with Gasteiger partial charge in [0.05, 0.1) is 11.8 Å². The molecule has 2 unspecified atom stereocenters. The van der Waals surface area contributed by atoms with Crippen LogP contribution in [-0.2, 0) is 7.05 Å². The van der Waals surface area contributed by atoms with Crippen molar-refractivity contribution in [2.45, 2.75) is 32.4 Å². The van der Waals surface area contributed by atoms with Crippen LogP contribution in [0.4, 0.5) is 0 Å². The second-order valence-electron chi connectivity index (χ2n) is 3.89. The SMILES string of the molecule is Cc1nn(C)c(C)c1C(O)C(N)CCN. The van der Waals surface area contributed by atoms with Gasteiger partial charge in [-0.3, -0.25) is 4.68 Å². The van der Waals surface area contributed by atoms with Crippen molar-refractivity contribution in [3.05, 3.63) is 17.0 Å². The molecule has 0 aliphatic rings. The van der Waals surface area contributed by atoms with E-state index in [-0.39, 0.29) is 6.04 Å². The van der Waals surface area contributed by atoms with E-state index in [2.05, 4.69) is 5.10 Å². The van der Waals surface area contributed by atoms with E-state index >= 15 is 0 Å². The molecule has 5 nitrogen and oxygen atoms in total. The lowest BCUT2D eigenvalue weighted by Gasteiger charge is -2.18. The van der Waals surface area contributed by atoms with E-state index in [1.165, 1.54) is 0 Å². The Hall–Kier alpha value is -0.910. The quantitative estimate of drug-likeness (QED) is 0.641. The molecule has 1 rings (SSSR count). The van der Waals surface area contributed by atoms with Crippen molar-refractivity contribution in [1.82, 2.24) is 9.78 Å². The van der Waals surface area contributed by atoms with Gasteiger partial charge in [0.25, 0.3) is 0 Å². The highest BCUT2D eigenvalue weighted by atomic mass is 16.3. The van der Waals surface area contributed by atoms with Gasteiger partial charge in [0, 0.05) is 24.3 Å². The minimum atomic E-state index is -0.678. The van der Waals surface area contributed by atoms with Gasteiger partial charge in [-0.15, -0.1) is 0 Å². The van der Waals surface area contributed by atoms with Gasteiger partial charge >= 0.3 is 0 Å². The van der Waals surface area contributed by atoms with Crippen LogP contribution in [0.15, 0.2) is 0 Å². The van der Waals surface area contributed by atoms with E-state index in [9.17, 15) is 5.11 Å². The highest BCUT2D eigenvalue weighted by Crippen LogP contribution is 2.23. The van der Waals surface area contributed by atoms with Crippen molar-refractivity contribution in [1.29, 1.82) is 0 Å². The molecule has 0 aliphatic heterocycles. The molecule has 15 heavy (non-hydrogen) atoms. The lowest BCUT2D eigenvalue weighted by molar-refractivity contribution is 0.142. The number of nitrogens with two attached hydrogens (primary N) is 2. The van der Waals surface area contributed by atoms with Crippen molar-refractivity contribution in [2.24, 2.45) is 18.5 Å². The predicted molar refractivity (Wildman–Crippen MR) is 59.3 cm³/mol. The van der Waals surface area contributed by atoms with Crippen molar-refractivity contribution in [3.8, 4) is 0 Å². The summed E-state index contributed by atoms with van der Waals surface area (Å²) in [5, 5.41) is 14.3. The number of rotatable bonds is 4. The molecule has 0 aliphatic carbocycles. The van der Waals surface area contributed by atoms with Crippen LogP contribution in [0.3, 0.4) is 0 Å². The Kier molecular flexibility index (Phi) is 3.84. The lowest BCUT2D eigenvalue weighted by atomic mass is 9.99. The summed E-state index contributed by atoms with van der Waals surface area (Å²) in [5.74, 6) is 0. The van der Waals surface area contributed by atoms with Crippen LogP contribution in [0.1, 0.15) is 29.5 Å². The van der Waals surface area contributed by atoms with Gasteiger partial charge in [-0.1, -0.05) is 0 Å². The number of aliphatic hydroxyl groups excluding tert-OH is 1. The fraction of sp³-hybridized carbons (Fsp3) is 0.700. The van der Waals surface area contributed by atoms with E-state index in [1.54, 1.807) is 4.68 Å². The van der Waals surface area contributed by atoms with Crippen molar-refractivity contribution < 1.29 is 5.11 Å². The summed E-state index contributed by atoms with van der Waals surface area (Å²) in [6.07, 6.45) is -0.0724. The Balaban J connectivity index is 2.94. The molecule has 0 spiro atoms. The topological polar surface area (TPSA) is 90.1 Å². The van der Waals surface area contributed by atoms with Crippen LogP contribution in [-0.4, -0.2) is 27.5 Å². The van der Waals surface area contributed by atoms with E-state index in [1.807, 2.05) is 20.9 Å². The van der Waals surface area contributed by atoms with Crippen LogP contribution in [0.25, 0.3) is 0 Å². The van der Waals surface area contributed by atoms with Crippen molar-refractivity contribution in [3.63, 3.8) is 0 Å². The molecule has 5 N–H and O–H groups in total. The summed E-state index contributed by atoms with van der Waals surface area (Å²) < 4.78 is 1.75. The van der Waals surface area contributed by atoms with Crippen LogP contribution < -0.4 is 11.5 Å². The third-order valence-electron chi connectivity index (χ3n) is 2.77. The molecule has 2 atom stereocenters. The van der Waals surface area contributed by atoms with Crippen LogP contribution in [0.2, 0.25) is 0 Å². The Labute approximate surface area is 90.1 Å². The van der Waals surface area contributed by atoms with E-state index in [0.29, 0.717) is 13.0 Å². The van der Waals surface area contributed by atoms with E-state index < -0.39 is 6.10 Å². The monoisotopic (exact) mass is 212 g/mol. The summed E-state index contributed by atoms with van der Waals surface area (Å²) in [5.41, 5.74) is 13.9. The first-order chi connectivity index (χ1) is 6.99. The third-order valence-corrected chi connectivity index (χ3v) is 2.77. The summed E-state index contributed by atoms with van der Waals surface area (Å²) in [4.78, 5) is 0. The van der Waals surface area contributed by atoms with Crippen molar-refractivity contribution in [2.75, 3.05) is 6.54 Å². The largest absolute Gasteiger partial charge is 0.387 e. The normalized spacial score (nSPS) is 15.3. The summed E-state index contributed by atoms with van der Waals surface area (Å²) in [6.45, 7) is 4.28. The van der Waals surface area contributed by atoms with E-state index in [0.717, 1.165) is 17.0 Å². The maximum Gasteiger partial charge on any atom is 0.0976 e. The zero-order chi connectivity index (χ0) is 11.6. The smallest absolute Gasteiger partial charge is 0.0976 e. The Bertz CT molecular complexity index is 334. The van der Waals surface area contributed by atoms with Crippen molar-refractivity contribution >= 4 is 0 Å². The molecule has 0 saturated carbocycles. The third kappa shape index (κ3) is 2.37. The number of hydrogen-bond donors (Lipinski definition) is 3. The van der Waals surface area contributed by atoms with Crippen LogP contribution >= 0.6 is 0 Å². The van der Waals surface area contributed by atoms with Gasteiger partial charge < -0.3 is 16.6 Å². The first kappa shape index (κ1) is 12.2. The van der Waals surface area contributed by atoms with Crippen LogP contribution in [0.5, 0.6) is 0 Å². The van der Waals surface area contributed by atoms with Gasteiger partial charge in [-0.25, -0.2) is 0 Å². The number of aryl methyl sites for hydroxylation is 2. The Morgan fingerprint density at radius 1 is 1.47 bits per heavy atom. The maximum absolute atomic E-state index is 10.1. The molecule has 1 aromatic heterocycles. The second kappa shape index (κ2) is 4.74. The summed E-state index contributed by atoms with van der Waals surface area (Å²) >= 11 is 0. The highest BCUT2D eigenvalue weighted by molar-refractivity contribution is 5.27. The van der Waals surface area contributed by atoms with Gasteiger partial charge in [-0.2, -0.15) is 5.10 Å². The van der Waals surface area contributed by atoms with Gasteiger partial charge in [0.2, 0.25) is 0 Å².